The highest BCUT2D eigenvalue weighted by molar-refractivity contribution is 7.91. The normalized spacial score (nSPS) is 14.8. The van der Waals surface area contributed by atoms with Gasteiger partial charge in [-0.1, -0.05) is 18.2 Å². The number of amides is 1. The van der Waals surface area contributed by atoms with Crippen molar-refractivity contribution in [3.8, 4) is 0 Å². The predicted octanol–water partition coefficient (Wildman–Crippen LogP) is 3.69. The Morgan fingerprint density at radius 1 is 1.08 bits per heavy atom. The van der Waals surface area contributed by atoms with Crippen molar-refractivity contribution in [2.75, 3.05) is 6.54 Å². The largest absolute Gasteiger partial charge is 0.465 e. The molecular weight excluding hydrogens is 354 g/mol. The fourth-order valence-electron chi connectivity index (χ4n) is 3.32. The van der Waals surface area contributed by atoms with Gasteiger partial charge >= 0.3 is 6.09 Å². The zero-order valence-corrected chi connectivity index (χ0v) is 14.7. The zero-order chi connectivity index (χ0) is 18.3. The van der Waals surface area contributed by atoms with Gasteiger partial charge in [-0.05, 0) is 30.7 Å². The lowest BCUT2D eigenvalue weighted by Crippen LogP contribution is -2.28. The number of furan rings is 1. The maximum Gasteiger partial charge on any atom is 0.407 e. The molecule has 134 valence electrons. The fourth-order valence-corrected chi connectivity index (χ4v) is 4.62. The molecule has 1 aliphatic heterocycles. The summed E-state index contributed by atoms with van der Waals surface area (Å²) in [6.45, 7) is 0.712. The first-order chi connectivity index (χ1) is 12.5. The van der Waals surface area contributed by atoms with Crippen molar-refractivity contribution >= 4 is 26.9 Å². The molecule has 7 heteroatoms. The molecule has 1 aliphatic rings. The molecule has 2 aromatic carbocycles. The number of aryl methyl sites for hydroxylation is 1. The van der Waals surface area contributed by atoms with E-state index in [4.69, 9.17) is 4.42 Å². The second-order valence-electron chi connectivity index (χ2n) is 6.29. The van der Waals surface area contributed by atoms with Gasteiger partial charge in [-0.25, -0.2) is 13.2 Å². The van der Waals surface area contributed by atoms with E-state index in [1.54, 1.807) is 42.5 Å². The van der Waals surface area contributed by atoms with Crippen molar-refractivity contribution in [1.82, 2.24) is 4.90 Å². The van der Waals surface area contributed by atoms with Crippen molar-refractivity contribution in [2.24, 2.45) is 0 Å². The van der Waals surface area contributed by atoms with Crippen LogP contribution in [0.3, 0.4) is 0 Å². The smallest absolute Gasteiger partial charge is 0.407 e. The van der Waals surface area contributed by atoms with E-state index < -0.39 is 15.9 Å². The lowest BCUT2D eigenvalue weighted by atomic mass is 10.1. The number of hydrogen-bond acceptors (Lipinski definition) is 4. The standard InChI is InChI=1S/C19H17NO5S/c21-19(22)20-10-4-7-17-16(12-20)15-9-8-14(11-18(15)25-17)26(23,24)13-5-2-1-3-6-13/h1-3,5-6,8-9,11H,4,7,10,12H2,(H,21,22). The first-order valence-corrected chi connectivity index (χ1v) is 9.77. The van der Waals surface area contributed by atoms with Crippen molar-refractivity contribution in [3.05, 3.63) is 59.9 Å². The van der Waals surface area contributed by atoms with E-state index in [2.05, 4.69) is 0 Å². The summed E-state index contributed by atoms with van der Waals surface area (Å²) in [5.41, 5.74) is 1.29. The average molecular weight is 371 g/mol. The SMILES string of the molecule is O=C(O)N1CCCc2oc3cc(S(=O)(=O)c4ccccc4)ccc3c2C1. The van der Waals surface area contributed by atoms with Gasteiger partial charge in [0.25, 0.3) is 0 Å². The lowest BCUT2D eigenvalue weighted by Gasteiger charge is -2.15. The monoisotopic (exact) mass is 371 g/mol. The Morgan fingerprint density at radius 3 is 2.58 bits per heavy atom. The van der Waals surface area contributed by atoms with Gasteiger partial charge in [0.05, 0.1) is 16.3 Å². The Hall–Kier alpha value is -2.80. The van der Waals surface area contributed by atoms with E-state index in [1.165, 1.54) is 11.0 Å². The molecule has 0 saturated heterocycles. The topological polar surface area (TPSA) is 87.8 Å². The predicted molar refractivity (Wildman–Crippen MR) is 94.9 cm³/mol. The van der Waals surface area contributed by atoms with Crippen LogP contribution in [-0.2, 0) is 22.8 Å². The fraction of sp³-hybridized carbons (Fsp3) is 0.211. The first-order valence-electron chi connectivity index (χ1n) is 8.29. The summed E-state index contributed by atoms with van der Waals surface area (Å²) >= 11 is 0. The molecule has 6 nitrogen and oxygen atoms in total. The Balaban J connectivity index is 1.80. The van der Waals surface area contributed by atoms with Crippen molar-refractivity contribution in [1.29, 1.82) is 0 Å². The van der Waals surface area contributed by atoms with Crippen LogP contribution < -0.4 is 0 Å². The molecule has 1 N–H and O–H groups in total. The molecule has 0 spiro atoms. The van der Waals surface area contributed by atoms with Gasteiger partial charge in [-0.2, -0.15) is 0 Å². The molecule has 0 atom stereocenters. The molecule has 0 radical (unpaired) electrons. The van der Waals surface area contributed by atoms with Crippen LogP contribution in [-0.4, -0.2) is 31.1 Å². The molecule has 26 heavy (non-hydrogen) atoms. The number of fused-ring (bicyclic) bond motifs is 3. The molecule has 2 heterocycles. The van der Waals surface area contributed by atoms with E-state index in [0.717, 1.165) is 16.7 Å². The van der Waals surface area contributed by atoms with Gasteiger partial charge in [-0.3, -0.25) is 0 Å². The number of rotatable bonds is 2. The third kappa shape index (κ3) is 2.74. The summed E-state index contributed by atoms with van der Waals surface area (Å²) < 4.78 is 31.5. The summed E-state index contributed by atoms with van der Waals surface area (Å²) in [6, 6.07) is 13.0. The number of hydrogen-bond donors (Lipinski definition) is 1. The molecule has 4 rings (SSSR count). The van der Waals surface area contributed by atoms with Crippen molar-refractivity contribution in [3.63, 3.8) is 0 Å². The van der Waals surface area contributed by atoms with Gasteiger partial charge < -0.3 is 14.4 Å². The van der Waals surface area contributed by atoms with Crippen LogP contribution in [0.25, 0.3) is 11.0 Å². The van der Waals surface area contributed by atoms with Gasteiger partial charge in [0.2, 0.25) is 9.84 Å². The van der Waals surface area contributed by atoms with E-state index >= 15 is 0 Å². The van der Waals surface area contributed by atoms with E-state index in [0.29, 0.717) is 25.0 Å². The number of carboxylic acid groups (broad SMARTS) is 1. The van der Waals surface area contributed by atoms with Gasteiger partial charge in [-0.15, -0.1) is 0 Å². The Bertz CT molecular complexity index is 1090. The molecule has 1 aromatic heterocycles. The summed E-state index contributed by atoms with van der Waals surface area (Å²) in [7, 11) is -3.63. The van der Waals surface area contributed by atoms with Crippen molar-refractivity contribution < 1.29 is 22.7 Å². The molecule has 0 aliphatic carbocycles. The van der Waals surface area contributed by atoms with Crippen LogP contribution >= 0.6 is 0 Å². The molecule has 0 unspecified atom stereocenters. The molecule has 0 fully saturated rings. The molecule has 0 bridgehead atoms. The van der Waals surface area contributed by atoms with Gasteiger partial charge in [0.15, 0.2) is 0 Å². The molecule has 1 amide bonds. The summed E-state index contributed by atoms with van der Waals surface area (Å²) in [6.07, 6.45) is 0.346. The van der Waals surface area contributed by atoms with Crippen LogP contribution in [0.2, 0.25) is 0 Å². The van der Waals surface area contributed by atoms with E-state index in [-0.39, 0.29) is 16.3 Å². The summed E-state index contributed by atoms with van der Waals surface area (Å²) in [5, 5.41) is 10.1. The number of carbonyl (C=O) groups is 1. The minimum atomic E-state index is -3.63. The van der Waals surface area contributed by atoms with Crippen LogP contribution in [0, 0.1) is 0 Å². The third-order valence-corrected chi connectivity index (χ3v) is 6.43. The Morgan fingerprint density at radius 2 is 1.85 bits per heavy atom. The Labute approximate surface area is 150 Å². The van der Waals surface area contributed by atoms with E-state index in [9.17, 15) is 18.3 Å². The van der Waals surface area contributed by atoms with Crippen molar-refractivity contribution in [2.45, 2.75) is 29.2 Å². The number of sulfone groups is 1. The van der Waals surface area contributed by atoms with Gasteiger partial charge in [0, 0.05) is 30.0 Å². The van der Waals surface area contributed by atoms with Crippen LogP contribution in [0.5, 0.6) is 0 Å². The highest BCUT2D eigenvalue weighted by Gasteiger charge is 2.25. The average Bonchev–Trinajstić information content (AvgIpc) is 2.83. The second kappa shape index (κ2) is 6.17. The number of nitrogens with zero attached hydrogens (tertiary/aromatic N) is 1. The number of benzene rings is 2. The minimum absolute atomic E-state index is 0.162. The van der Waals surface area contributed by atoms with Crippen LogP contribution in [0.1, 0.15) is 17.7 Å². The maximum atomic E-state index is 12.8. The molecular formula is C19H17NO5S. The van der Waals surface area contributed by atoms with Crippen LogP contribution in [0.4, 0.5) is 4.79 Å². The maximum absolute atomic E-state index is 12.8. The summed E-state index contributed by atoms with van der Waals surface area (Å²) in [4.78, 5) is 13.1. The summed E-state index contributed by atoms with van der Waals surface area (Å²) in [5.74, 6) is 0.734. The van der Waals surface area contributed by atoms with Crippen LogP contribution in [0.15, 0.2) is 62.7 Å². The first kappa shape index (κ1) is 16.7. The second-order valence-corrected chi connectivity index (χ2v) is 8.24. The highest BCUT2D eigenvalue weighted by atomic mass is 32.2. The Kier molecular flexibility index (Phi) is 3.96. The zero-order valence-electron chi connectivity index (χ0n) is 13.9. The lowest BCUT2D eigenvalue weighted by molar-refractivity contribution is 0.143. The quantitative estimate of drug-likeness (QED) is 0.742. The van der Waals surface area contributed by atoms with E-state index in [1.807, 2.05) is 0 Å². The third-order valence-electron chi connectivity index (χ3n) is 4.66. The molecule has 3 aromatic rings. The minimum Gasteiger partial charge on any atom is -0.465 e. The molecule has 0 saturated carbocycles. The van der Waals surface area contributed by atoms with Gasteiger partial charge in [0.1, 0.15) is 11.3 Å². The highest BCUT2D eigenvalue weighted by Crippen LogP contribution is 2.33.